The molecule has 0 aromatic heterocycles. The molecule has 0 radical (unpaired) electrons. The predicted molar refractivity (Wildman–Crippen MR) is 78.6 cm³/mol. The second-order valence-electron chi connectivity index (χ2n) is 4.43. The Morgan fingerprint density at radius 3 is 2.85 bits per heavy atom. The van der Waals surface area contributed by atoms with Crippen molar-refractivity contribution in [3.05, 3.63) is 30.3 Å². The van der Waals surface area contributed by atoms with Crippen molar-refractivity contribution in [1.29, 1.82) is 0 Å². The molecule has 108 valence electrons. The zero-order valence-electron chi connectivity index (χ0n) is 11.2. The highest BCUT2D eigenvalue weighted by molar-refractivity contribution is 8.00. The molecule has 1 aromatic carbocycles. The number of ether oxygens (including phenoxy) is 1. The van der Waals surface area contributed by atoms with Gasteiger partial charge in [0.05, 0.1) is 18.2 Å². The SMILES string of the molecule is O=C(CN1CSCC1=O)NCCCOc1ccccc1. The molecule has 1 aliphatic rings. The summed E-state index contributed by atoms with van der Waals surface area (Å²) >= 11 is 1.54. The van der Waals surface area contributed by atoms with Gasteiger partial charge in [0, 0.05) is 6.54 Å². The van der Waals surface area contributed by atoms with E-state index in [0.717, 1.165) is 12.2 Å². The molecular weight excluding hydrogens is 276 g/mol. The maximum atomic E-state index is 11.6. The number of thioether (sulfide) groups is 1. The van der Waals surface area contributed by atoms with Crippen LogP contribution in [-0.2, 0) is 9.59 Å². The van der Waals surface area contributed by atoms with Crippen molar-refractivity contribution in [2.24, 2.45) is 0 Å². The Balaban J connectivity index is 1.54. The van der Waals surface area contributed by atoms with E-state index in [1.54, 1.807) is 4.90 Å². The molecule has 0 aliphatic carbocycles. The molecule has 1 heterocycles. The number of rotatable bonds is 7. The van der Waals surface area contributed by atoms with Crippen molar-refractivity contribution in [2.45, 2.75) is 6.42 Å². The fraction of sp³-hybridized carbons (Fsp3) is 0.429. The summed E-state index contributed by atoms with van der Waals surface area (Å²) in [6.07, 6.45) is 0.739. The third-order valence-electron chi connectivity index (χ3n) is 2.82. The lowest BCUT2D eigenvalue weighted by Crippen LogP contribution is -2.38. The molecule has 1 N–H and O–H groups in total. The van der Waals surface area contributed by atoms with Crippen LogP contribution in [0.3, 0.4) is 0 Å². The molecule has 20 heavy (non-hydrogen) atoms. The van der Waals surface area contributed by atoms with E-state index in [-0.39, 0.29) is 18.4 Å². The van der Waals surface area contributed by atoms with Gasteiger partial charge in [0.1, 0.15) is 12.3 Å². The highest BCUT2D eigenvalue weighted by Crippen LogP contribution is 2.13. The van der Waals surface area contributed by atoms with Crippen LogP contribution < -0.4 is 10.1 Å². The smallest absolute Gasteiger partial charge is 0.239 e. The minimum absolute atomic E-state index is 0.0394. The first kappa shape index (κ1) is 14.7. The number of hydrogen-bond acceptors (Lipinski definition) is 4. The largest absolute Gasteiger partial charge is 0.494 e. The van der Waals surface area contributed by atoms with Crippen molar-refractivity contribution in [1.82, 2.24) is 10.2 Å². The molecule has 0 spiro atoms. The Morgan fingerprint density at radius 2 is 2.15 bits per heavy atom. The van der Waals surface area contributed by atoms with E-state index >= 15 is 0 Å². The number of nitrogens with zero attached hydrogens (tertiary/aromatic N) is 1. The van der Waals surface area contributed by atoms with Gasteiger partial charge in [-0.2, -0.15) is 0 Å². The van der Waals surface area contributed by atoms with E-state index in [1.165, 1.54) is 11.8 Å². The summed E-state index contributed by atoms with van der Waals surface area (Å²) in [6.45, 7) is 1.27. The number of para-hydroxylation sites is 1. The van der Waals surface area contributed by atoms with Crippen LogP contribution in [0.1, 0.15) is 6.42 Å². The third kappa shape index (κ3) is 4.77. The van der Waals surface area contributed by atoms with E-state index < -0.39 is 0 Å². The Hall–Kier alpha value is -1.69. The Morgan fingerprint density at radius 1 is 1.35 bits per heavy atom. The Labute approximate surface area is 122 Å². The van der Waals surface area contributed by atoms with Crippen LogP contribution in [0.4, 0.5) is 0 Å². The molecule has 6 heteroatoms. The van der Waals surface area contributed by atoms with Gasteiger partial charge in [0.15, 0.2) is 0 Å². The average molecular weight is 294 g/mol. The van der Waals surface area contributed by atoms with Crippen molar-refractivity contribution < 1.29 is 14.3 Å². The third-order valence-corrected chi connectivity index (χ3v) is 3.76. The van der Waals surface area contributed by atoms with Gasteiger partial charge in [-0.15, -0.1) is 11.8 Å². The zero-order valence-corrected chi connectivity index (χ0v) is 12.0. The van der Waals surface area contributed by atoms with Crippen LogP contribution in [0.15, 0.2) is 30.3 Å². The standard InChI is InChI=1S/C14H18N2O3S/c17-13(9-16-11-20-10-14(16)18)15-7-4-8-19-12-5-2-1-3-6-12/h1-3,5-6H,4,7-11H2,(H,15,17). The molecule has 5 nitrogen and oxygen atoms in total. The first-order valence-corrected chi connectivity index (χ1v) is 7.71. The first-order valence-electron chi connectivity index (χ1n) is 6.56. The van der Waals surface area contributed by atoms with E-state index in [9.17, 15) is 9.59 Å². The molecule has 0 bridgehead atoms. The van der Waals surface area contributed by atoms with Gasteiger partial charge in [-0.05, 0) is 18.6 Å². The summed E-state index contributed by atoms with van der Waals surface area (Å²) < 4.78 is 5.52. The number of nitrogens with one attached hydrogen (secondary N) is 1. The number of carbonyl (C=O) groups is 2. The summed E-state index contributed by atoms with van der Waals surface area (Å²) in [7, 11) is 0. The average Bonchev–Trinajstić information content (AvgIpc) is 2.85. The lowest BCUT2D eigenvalue weighted by Gasteiger charge is -2.14. The zero-order chi connectivity index (χ0) is 14.2. The Bertz CT molecular complexity index is 453. The summed E-state index contributed by atoms with van der Waals surface area (Å²) in [5, 5.41) is 2.79. The molecule has 2 rings (SSSR count). The molecule has 0 atom stereocenters. The van der Waals surface area contributed by atoms with Gasteiger partial charge in [0.2, 0.25) is 11.8 Å². The molecule has 0 saturated carbocycles. The quantitative estimate of drug-likeness (QED) is 0.765. The summed E-state index contributed by atoms with van der Waals surface area (Å²) in [5.41, 5.74) is 0. The van der Waals surface area contributed by atoms with Crippen LogP contribution in [-0.4, -0.2) is 48.0 Å². The molecule has 1 aromatic rings. The van der Waals surface area contributed by atoms with E-state index in [2.05, 4.69) is 5.32 Å². The van der Waals surface area contributed by atoms with Crippen LogP contribution in [0.5, 0.6) is 5.75 Å². The topological polar surface area (TPSA) is 58.6 Å². The minimum atomic E-state index is -0.111. The normalized spacial score (nSPS) is 14.4. The number of amides is 2. The van der Waals surface area contributed by atoms with Gasteiger partial charge in [-0.1, -0.05) is 18.2 Å². The highest BCUT2D eigenvalue weighted by atomic mass is 32.2. The predicted octanol–water partition coefficient (Wildman–Crippen LogP) is 1.10. The Kier molecular flexibility index (Phi) is 5.73. The van der Waals surface area contributed by atoms with Gasteiger partial charge >= 0.3 is 0 Å². The molecule has 1 fully saturated rings. The van der Waals surface area contributed by atoms with Gasteiger partial charge in [-0.3, -0.25) is 9.59 Å². The monoisotopic (exact) mass is 294 g/mol. The number of hydrogen-bond donors (Lipinski definition) is 1. The summed E-state index contributed by atoms with van der Waals surface area (Å²) in [4.78, 5) is 24.5. The lowest BCUT2D eigenvalue weighted by molar-refractivity contribution is -0.132. The fourth-order valence-corrected chi connectivity index (χ4v) is 2.68. The van der Waals surface area contributed by atoms with Gasteiger partial charge in [0.25, 0.3) is 0 Å². The van der Waals surface area contributed by atoms with E-state index in [0.29, 0.717) is 24.8 Å². The highest BCUT2D eigenvalue weighted by Gasteiger charge is 2.22. The van der Waals surface area contributed by atoms with Gasteiger partial charge < -0.3 is 15.0 Å². The molecule has 1 aliphatic heterocycles. The van der Waals surface area contributed by atoms with E-state index in [4.69, 9.17) is 4.74 Å². The van der Waals surface area contributed by atoms with Crippen molar-refractivity contribution in [3.8, 4) is 5.75 Å². The molecule has 1 saturated heterocycles. The molecular formula is C14H18N2O3S. The van der Waals surface area contributed by atoms with Gasteiger partial charge in [-0.25, -0.2) is 0 Å². The maximum Gasteiger partial charge on any atom is 0.239 e. The second-order valence-corrected chi connectivity index (χ2v) is 5.39. The van der Waals surface area contributed by atoms with E-state index in [1.807, 2.05) is 30.3 Å². The second kappa shape index (κ2) is 7.79. The van der Waals surface area contributed by atoms with Crippen LogP contribution in [0.2, 0.25) is 0 Å². The molecule has 0 unspecified atom stereocenters. The molecule has 2 amide bonds. The summed E-state index contributed by atoms with van der Waals surface area (Å²) in [6, 6.07) is 9.57. The van der Waals surface area contributed by atoms with Crippen LogP contribution in [0.25, 0.3) is 0 Å². The van der Waals surface area contributed by atoms with Crippen LogP contribution >= 0.6 is 11.8 Å². The maximum absolute atomic E-state index is 11.6. The minimum Gasteiger partial charge on any atom is -0.494 e. The van der Waals surface area contributed by atoms with Crippen molar-refractivity contribution in [3.63, 3.8) is 0 Å². The van der Waals surface area contributed by atoms with Crippen molar-refractivity contribution >= 4 is 23.6 Å². The van der Waals surface area contributed by atoms with Crippen molar-refractivity contribution in [2.75, 3.05) is 31.3 Å². The first-order chi connectivity index (χ1) is 9.75. The summed E-state index contributed by atoms with van der Waals surface area (Å²) in [5.74, 6) is 1.86. The number of carbonyl (C=O) groups excluding carboxylic acids is 2. The fourth-order valence-electron chi connectivity index (χ4n) is 1.78. The lowest BCUT2D eigenvalue weighted by atomic mass is 10.3. The number of benzene rings is 1. The van der Waals surface area contributed by atoms with Crippen LogP contribution in [0, 0.1) is 0 Å².